The van der Waals surface area contributed by atoms with Gasteiger partial charge < -0.3 is 25.0 Å². The Morgan fingerprint density at radius 3 is 2.49 bits per heavy atom. The first-order valence-electron chi connectivity index (χ1n) is 15.2. The van der Waals surface area contributed by atoms with Crippen LogP contribution in [-0.4, -0.2) is 92.0 Å². The molecule has 3 heterocycles. The second kappa shape index (κ2) is 13.4. The van der Waals surface area contributed by atoms with Crippen LogP contribution in [0, 0.1) is 46.8 Å². The number of alkyl halides is 2. The van der Waals surface area contributed by atoms with Crippen LogP contribution < -0.4 is 16.0 Å². The van der Waals surface area contributed by atoms with Crippen molar-refractivity contribution >= 4 is 23.6 Å². The Morgan fingerprint density at radius 1 is 1.05 bits per heavy atom. The predicted octanol–water partition coefficient (Wildman–Crippen LogP) is 2.57. The lowest BCUT2D eigenvalue weighted by Crippen LogP contribution is -2.55. The number of methoxy groups -OCH3 is 2. The van der Waals surface area contributed by atoms with Crippen molar-refractivity contribution < 1.29 is 27.8 Å². The van der Waals surface area contributed by atoms with E-state index in [2.05, 4.69) is 28.9 Å². The zero-order valence-corrected chi connectivity index (χ0v) is 25.1. The first kappa shape index (κ1) is 30.9. The highest BCUT2D eigenvalue weighted by atomic mass is 32.2. The highest BCUT2D eigenvalue weighted by Gasteiger charge is 2.48. The third-order valence-electron chi connectivity index (χ3n) is 10.4. The molecule has 0 aromatic rings. The number of carbonyl (C=O) groups excluding carboxylic acids is 2. The summed E-state index contributed by atoms with van der Waals surface area (Å²) < 4.78 is 38.3. The molecule has 2 aliphatic carbocycles. The number of nitriles is 1. The molecule has 3 aliphatic heterocycles. The van der Waals surface area contributed by atoms with Crippen molar-refractivity contribution in [1.29, 1.82) is 5.26 Å². The van der Waals surface area contributed by atoms with Gasteiger partial charge in [0.1, 0.15) is 5.50 Å². The van der Waals surface area contributed by atoms with Gasteiger partial charge in [-0.2, -0.15) is 5.26 Å². The van der Waals surface area contributed by atoms with Gasteiger partial charge in [0.25, 0.3) is 0 Å². The molecule has 5 rings (SSSR count). The lowest BCUT2D eigenvalue weighted by atomic mass is 9.66. The van der Waals surface area contributed by atoms with Crippen LogP contribution in [0.4, 0.5) is 8.78 Å². The molecule has 3 saturated heterocycles. The van der Waals surface area contributed by atoms with E-state index in [1.54, 1.807) is 18.9 Å². The van der Waals surface area contributed by atoms with E-state index in [1.807, 2.05) is 4.90 Å². The topological polar surface area (TPSA) is 116 Å². The Bertz CT molecular complexity index is 973. The van der Waals surface area contributed by atoms with Crippen molar-refractivity contribution in [2.24, 2.45) is 35.5 Å². The average molecular weight is 598 g/mol. The molecule has 12 heteroatoms. The largest absolute Gasteiger partial charge is 0.381 e. The van der Waals surface area contributed by atoms with Gasteiger partial charge in [0.2, 0.25) is 18.2 Å². The van der Waals surface area contributed by atoms with Crippen LogP contribution in [0.1, 0.15) is 51.9 Å². The molecule has 2 amide bonds. The van der Waals surface area contributed by atoms with Gasteiger partial charge >= 0.3 is 0 Å². The first-order chi connectivity index (χ1) is 19.7. The summed E-state index contributed by atoms with van der Waals surface area (Å²) in [6.45, 7) is 3.81. The number of carbonyl (C=O) groups is 2. The first-order valence-corrected chi connectivity index (χ1v) is 16.1. The van der Waals surface area contributed by atoms with E-state index in [4.69, 9.17) is 9.47 Å². The van der Waals surface area contributed by atoms with Crippen molar-refractivity contribution in [2.75, 3.05) is 33.9 Å². The minimum Gasteiger partial charge on any atom is -0.381 e. The van der Waals surface area contributed by atoms with Gasteiger partial charge in [0.15, 0.2) is 0 Å². The van der Waals surface area contributed by atoms with Crippen LogP contribution in [0.3, 0.4) is 0 Å². The molecule has 5 fully saturated rings. The molecule has 12 unspecified atom stereocenters. The van der Waals surface area contributed by atoms with E-state index in [0.29, 0.717) is 38.5 Å². The predicted molar refractivity (Wildman–Crippen MR) is 151 cm³/mol. The Balaban J connectivity index is 1.15. The lowest BCUT2D eigenvalue weighted by Gasteiger charge is -2.44. The Labute approximate surface area is 246 Å². The Morgan fingerprint density at radius 2 is 1.80 bits per heavy atom. The molecule has 0 radical (unpaired) electrons. The van der Waals surface area contributed by atoms with Gasteiger partial charge in [-0.25, -0.2) is 8.78 Å². The monoisotopic (exact) mass is 597 g/mol. The molecule has 0 aromatic carbocycles. The zero-order chi connectivity index (χ0) is 29.3. The maximum absolute atomic E-state index is 13.6. The van der Waals surface area contributed by atoms with Crippen LogP contribution in [0.15, 0.2) is 0 Å². The maximum Gasteiger partial charge on any atom is 0.243 e. The van der Waals surface area contributed by atoms with Gasteiger partial charge in [-0.15, -0.1) is 11.8 Å². The number of nitrogens with zero attached hydrogens (tertiary/aromatic N) is 2. The van der Waals surface area contributed by atoms with Crippen LogP contribution in [0.5, 0.6) is 0 Å². The number of likely N-dealkylation sites (tertiary alicyclic amines) is 1. The van der Waals surface area contributed by atoms with Crippen molar-refractivity contribution in [1.82, 2.24) is 20.9 Å². The third-order valence-corrected chi connectivity index (χ3v) is 11.7. The maximum atomic E-state index is 13.6. The van der Waals surface area contributed by atoms with E-state index in [0.717, 1.165) is 25.7 Å². The summed E-state index contributed by atoms with van der Waals surface area (Å²) in [6, 6.07) is 2.79. The summed E-state index contributed by atoms with van der Waals surface area (Å²) >= 11 is 1.63. The van der Waals surface area contributed by atoms with Crippen molar-refractivity contribution in [3.63, 3.8) is 0 Å². The van der Waals surface area contributed by atoms with Crippen molar-refractivity contribution in [3.8, 4) is 6.07 Å². The molecule has 2 saturated carbocycles. The number of hydrogen-bond donors (Lipinski definition) is 3. The fraction of sp³-hybridized carbons (Fsp3) is 0.897. The molecule has 0 spiro atoms. The third kappa shape index (κ3) is 6.69. The number of piperidine rings is 1. The van der Waals surface area contributed by atoms with Crippen LogP contribution in [0.25, 0.3) is 0 Å². The summed E-state index contributed by atoms with van der Waals surface area (Å²) in [5.74, 6) is -1.23. The van der Waals surface area contributed by atoms with E-state index >= 15 is 0 Å². The second-order valence-electron chi connectivity index (χ2n) is 12.8. The summed E-state index contributed by atoms with van der Waals surface area (Å²) in [6.07, 6.45) is 1.61. The van der Waals surface area contributed by atoms with Crippen LogP contribution in [-0.2, 0) is 19.1 Å². The number of nitrogens with one attached hydrogen (secondary N) is 3. The fourth-order valence-corrected chi connectivity index (χ4v) is 9.53. The molecular formula is C29H45F2N5O4S. The molecule has 41 heavy (non-hydrogen) atoms. The highest BCUT2D eigenvalue weighted by molar-refractivity contribution is 8.00. The Kier molecular flexibility index (Phi) is 10.1. The number of ether oxygens (including phenoxy) is 2. The summed E-state index contributed by atoms with van der Waals surface area (Å²) in [4.78, 5) is 28.7. The fourth-order valence-electron chi connectivity index (χ4n) is 8.12. The van der Waals surface area contributed by atoms with Gasteiger partial charge in [-0.05, 0) is 63.7 Å². The van der Waals surface area contributed by atoms with E-state index in [9.17, 15) is 23.6 Å². The number of hydrogen-bond acceptors (Lipinski definition) is 8. The summed E-state index contributed by atoms with van der Waals surface area (Å²) in [7, 11) is 3.20. The number of thioether (sulfide) groups is 1. The summed E-state index contributed by atoms with van der Waals surface area (Å²) in [5, 5.41) is 19.9. The number of amides is 2. The van der Waals surface area contributed by atoms with Gasteiger partial charge in [0, 0.05) is 68.9 Å². The van der Waals surface area contributed by atoms with E-state index < -0.39 is 24.4 Å². The highest BCUT2D eigenvalue weighted by Crippen LogP contribution is 2.42. The van der Waals surface area contributed by atoms with E-state index in [-0.39, 0.29) is 64.8 Å². The molecule has 3 N–H and O–H groups in total. The smallest absolute Gasteiger partial charge is 0.243 e. The van der Waals surface area contributed by atoms with Crippen molar-refractivity contribution in [2.45, 2.75) is 93.3 Å². The van der Waals surface area contributed by atoms with Crippen LogP contribution >= 0.6 is 11.8 Å². The van der Waals surface area contributed by atoms with Gasteiger partial charge in [-0.3, -0.25) is 14.9 Å². The minimum atomic E-state index is -2.50. The molecule has 9 nitrogen and oxygen atoms in total. The second-order valence-corrected chi connectivity index (χ2v) is 14.1. The standard InChI is InChI=1S/C29H45F2N5O4S/c1-15-8-18(19-9-16(11-32)4-6-23(19)39-2)21(12-33-15)27(37)35-29-34-22-13-36(14-25(22)41-29)28(38)17-5-7-24(40-3)20(10-17)26(30)31/h15-26,29,33-34H,4-10,12-14H2,1-3H3,(H,35,37). The number of rotatable bonds is 7. The molecule has 12 atom stereocenters. The quantitative estimate of drug-likeness (QED) is 0.410. The number of fused-ring (bicyclic) bond motifs is 1. The SMILES string of the molecule is COC1CCC(C(=O)N2CC3NC(NC(=O)C4CNC(C)CC4C4CC(C#N)CCC4OC)SC3C2)CC1C(F)F. The summed E-state index contributed by atoms with van der Waals surface area (Å²) in [5.41, 5.74) is -0.244. The molecule has 0 bridgehead atoms. The Hall–Kier alpha value is -1.52. The van der Waals surface area contributed by atoms with E-state index in [1.165, 1.54) is 7.11 Å². The normalized spacial score (nSPS) is 43.0. The number of halogens is 2. The molecular weight excluding hydrogens is 552 g/mol. The van der Waals surface area contributed by atoms with Crippen molar-refractivity contribution in [3.05, 3.63) is 0 Å². The van der Waals surface area contributed by atoms with Gasteiger partial charge in [-0.1, -0.05) is 0 Å². The molecule has 5 aliphatic rings. The lowest BCUT2D eigenvalue weighted by molar-refractivity contribution is -0.140. The molecule has 230 valence electrons. The van der Waals surface area contributed by atoms with Gasteiger partial charge in [0.05, 0.1) is 24.2 Å². The minimum absolute atomic E-state index is 0.00802. The zero-order valence-electron chi connectivity index (χ0n) is 24.3. The average Bonchev–Trinajstić information content (AvgIpc) is 3.54. The molecule has 0 aromatic heterocycles. The van der Waals surface area contributed by atoms with Crippen LogP contribution in [0.2, 0.25) is 0 Å².